The van der Waals surface area contributed by atoms with Crippen molar-refractivity contribution in [3.05, 3.63) is 35.4 Å². The zero-order valence-corrected chi connectivity index (χ0v) is 12.4. The summed E-state index contributed by atoms with van der Waals surface area (Å²) in [6.45, 7) is 3.65. The monoisotopic (exact) mass is 270 g/mol. The number of rotatable bonds is 2. The summed E-state index contributed by atoms with van der Waals surface area (Å²) in [5, 5.41) is 3.76. The third-order valence-corrected chi connectivity index (χ3v) is 5.73. The smallest absolute Gasteiger partial charge is 0.0238 e. The first-order valence-electron chi connectivity index (χ1n) is 8.44. The number of nitrogens with one attached hydrogen (secondary N) is 1. The summed E-state index contributed by atoms with van der Waals surface area (Å²) in [4.78, 5) is 2.81. The lowest BCUT2D eigenvalue weighted by Gasteiger charge is -2.40. The molecule has 3 unspecified atom stereocenters. The van der Waals surface area contributed by atoms with Crippen LogP contribution in [0.1, 0.15) is 43.2 Å². The quantitative estimate of drug-likeness (QED) is 0.889. The maximum Gasteiger partial charge on any atom is 0.0238 e. The van der Waals surface area contributed by atoms with E-state index >= 15 is 0 Å². The van der Waals surface area contributed by atoms with Crippen LogP contribution in [0.5, 0.6) is 0 Å². The number of nitrogens with zero attached hydrogens (tertiary/aromatic N) is 1. The molecule has 1 saturated carbocycles. The average molecular weight is 270 g/mol. The molecule has 20 heavy (non-hydrogen) atoms. The molecule has 1 aromatic carbocycles. The summed E-state index contributed by atoms with van der Waals surface area (Å²) in [5.41, 5.74) is 3.07. The van der Waals surface area contributed by atoms with Crippen molar-refractivity contribution in [3.63, 3.8) is 0 Å². The van der Waals surface area contributed by atoms with Crippen LogP contribution < -0.4 is 5.32 Å². The van der Waals surface area contributed by atoms with E-state index in [0.29, 0.717) is 6.04 Å². The van der Waals surface area contributed by atoms with Crippen LogP contribution in [-0.4, -0.2) is 30.1 Å². The summed E-state index contributed by atoms with van der Waals surface area (Å²) < 4.78 is 0. The number of fused-ring (bicyclic) bond motifs is 2. The fourth-order valence-electron chi connectivity index (χ4n) is 4.72. The van der Waals surface area contributed by atoms with Gasteiger partial charge in [0.15, 0.2) is 0 Å². The molecular formula is C18H26N2. The van der Waals surface area contributed by atoms with Crippen LogP contribution in [0.2, 0.25) is 0 Å². The van der Waals surface area contributed by atoms with Gasteiger partial charge in [0.2, 0.25) is 0 Å². The van der Waals surface area contributed by atoms with Gasteiger partial charge in [-0.1, -0.05) is 30.7 Å². The Morgan fingerprint density at radius 3 is 2.85 bits per heavy atom. The summed E-state index contributed by atoms with van der Waals surface area (Å²) in [6, 6.07) is 10.5. The van der Waals surface area contributed by atoms with Gasteiger partial charge in [0.05, 0.1) is 0 Å². The predicted molar refractivity (Wildman–Crippen MR) is 82.7 cm³/mol. The second-order valence-electron chi connectivity index (χ2n) is 6.95. The van der Waals surface area contributed by atoms with Crippen molar-refractivity contribution in [2.45, 2.75) is 57.2 Å². The Kier molecular flexibility index (Phi) is 3.53. The van der Waals surface area contributed by atoms with E-state index in [1.54, 1.807) is 5.56 Å². The molecule has 0 spiro atoms. The highest BCUT2D eigenvalue weighted by molar-refractivity contribution is 5.30. The number of piperidine rings is 1. The second-order valence-corrected chi connectivity index (χ2v) is 6.95. The predicted octanol–water partition coefficient (Wildman–Crippen LogP) is 2.97. The van der Waals surface area contributed by atoms with Gasteiger partial charge >= 0.3 is 0 Å². The molecule has 0 radical (unpaired) electrons. The maximum atomic E-state index is 3.76. The molecule has 0 bridgehead atoms. The minimum Gasteiger partial charge on any atom is -0.308 e. The van der Waals surface area contributed by atoms with Gasteiger partial charge < -0.3 is 5.32 Å². The number of benzene rings is 1. The van der Waals surface area contributed by atoms with E-state index in [4.69, 9.17) is 0 Å². The SMILES string of the molecule is c1ccc2c(c1)CNC(CN1CCCC3CCCC31)C2. The molecule has 3 atom stereocenters. The third-order valence-electron chi connectivity index (χ3n) is 5.73. The molecule has 1 aromatic rings. The first kappa shape index (κ1) is 12.8. The summed E-state index contributed by atoms with van der Waals surface area (Å²) in [7, 11) is 0. The van der Waals surface area contributed by atoms with Gasteiger partial charge in [-0.25, -0.2) is 0 Å². The summed E-state index contributed by atoms with van der Waals surface area (Å²) in [5.74, 6) is 1.01. The molecule has 108 valence electrons. The zero-order valence-electron chi connectivity index (χ0n) is 12.4. The first-order chi connectivity index (χ1) is 9.90. The Bertz CT molecular complexity index is 470. The molecule has 4 rings (SSSR count). The Morgan fingerprint density at radius 1 is 1.05 bits per heavy atom. The van der Waals surface area contributed by atoms with Crippen LogP contribution in [0.4, 0.5) is 0 Å². The van der Waals surface area contributed by atoms with Gasteiger partial charge in [0.25, 0.3) is 0 Å². The van der Waals surface area contributed by atoms with Crippen LogP contribution in [0.15, 0.2) is 24.3 Å². The lowest BCUT2D eigenvalue weighted by Crippen LogP contribution is -2.51. The number of likely N-dealkylation sites (tertiary alicyclic amines) is 1. The molecule has 2 heterocycles. The molecule has 1 N–H and O–H groups in total. The zero-order chi connectivity index (χ0) is 13.4. The third kappa shape index (κ3) is 2.40. The van der Waals surface area contributed by atoms with Crippen LogP contribution in [0.3, 0.4) is 0 Å². The van der Waals surface area contributed by atoms with Gasteiger partial charge in [-0.2, -0.15) is 0 Å². The first-order valence-corrected chi connectivity index (χ1v) is 8.44. The fraction of sp³-hybridized carbons (Fsp3) is 0.667. The summed E-state index contributed by atoms with van der Waals surface area (Å²) >= 11 is 0. The normalized spacial score (nSPS) is 33.7. The van der Waals surface area contributed by atoms with E-state index in [1.165, 1.54) is 57.2 Å². The molecular weight excluding hydrogens is 244 g/mol. The highest BCUT2D eigenvalue weighted by Crippen LogP contribution is 2.36. The van der Waals surface area contributed by atoms with Crippen LogP contribution in [-0.2, 0) is 13.0 Å². The molecule has 3 aliphatic rings. The molecule has 0 aromatic heterocycles. The van der Waals surface area contributed by atoms with Gasteiger partial charge in [-0.3, -0.25) is 4.90 Å². The Morgan fingerprint density at radius 2 is 1.90 bits per heavy atom. The van der Waals surface area contributed by atoms with Crippen LogP contribution in [0, 0.1) is 5.92 Å². The van der Waals surface area contributed by atoms with Crippen molar-refractivity contribution >= 4 is 0 Å². The van der Waals surface area contributed by atoms with Crippen LogP contribution >= 0.6 is 0 Å². The molecule has 2 heteroatoms. The van der Waals surface area contributed by atoms with Gasteiger partial charge in [-0.05, 0) is 55.7 Å². The maximum absolute atomic E-state index is 3.76. The molecule has 1 aliphatic carbocycles. The Hall–Kier alpha value is -0.860. The minimum absolute atomic E-state index is 0.657. The van der Waals surface area contributed by atoms with Gasteiger partial charge in [0.1, 0.15) is 0 Å². The van der Waals surface area contributed by atoms with Gasteiger partial charge in [-0.15, -0.1) is 0 Å². The van der Waals surface area contributed by atoms with Crippen molar-refractivity contribution in [1.82, 2.24) is 10.2 Å². The van der Waals surface area contributed by atoms with Gasteiger partial charge in [0, 0.05) is 25.2 Å². The lowest BCUT2D eigenvalue weighted by molar-refractivity contribution is 0.0997. The van der Waals surface area contributed by atoms with Crippen molar-refractivity contribution in [3.8, 4) is 0 Å². The van der Waals surface area contributed by atoms with E-state index in [0.717, 1.165) is 18.5 Å². The highest BCUT2D eigenvalue weighted by Gasteiger charge is 2.35. The fourth-order valence-corrected chi connectivity index (χ4v) is 4.72. The number of hydrogen-bond acceptors (Lipinski definition) is 2. The van der Waals surface area contributed by atoms with E-state index < -0.39 is 0 Å². The van der Waals surface area contributed by atoms with Crippen LogP contribution in [0.25, 0.3) is 0 Å². The Balaban J connectivity index is 1.42. The van der Waals surface area contributed by atoms with Crippen molar-refractivity contribution < 1.29 is 0 Å². The van der Waals surface area contributed by atoms with E-state index in [2.05, 4.69) is 34.5 Å². The largest absolute Gasteiger partial charge is 0.308 e. The summed E-state index contributed by atoms with van der Waals surface area (Å²) in [6.07, 6.45) is 8.53. The molecule has 2 fully saturated rings. The topological polar surface area (TPSA) is 15.3 Å². The molecule has 2 nitrogen and oxygen atoms in total. The molecule has 0 amide bonds. The minimum atomic E-state index is 0.657. The van der Waals surface area contributed by atoms with E-state index in [9.17, 15) is 0 Å². The van der Waals surface area contributed by atoms with Crippen molar-refractivity contribution in [2.75, 3.05) is 13.1 Å². The standard InChI is InChI=1S/C18H26N2/c1-2-6-16-12-19-17(11-15(16)5-1)13-20-10-4-8-14-7-3-9-18(14)20/h1-2,5-6,14,17-19H,3-4,7-13H2. The molecule has 1 saturated heterocycles. The highest BCUT2D eigenvalue weighted by atomic mass is 15.2. The van der Waals surface area contributed by atoms with Crippen molar-refractivity contribution in [2.24, 2.45) is 5.92 Å². The van der Waals surface area contributed by atoms with Crippen molar-refractivity contribution in [1.29, 1.82) is 0 Å². The Labute approximate surface area is 122 Å². The van der Waals surface area contributed by atoms with E-state index in [-0.39, 0.29) is 0 Å². The second kappa shape index (κ2) is 5.50. The number of hydrogen-bond donors (Lipinski definition) is 1. The molecule has 2 aliphatic heterocycles. The lowest BCUT2D eigenvalue weighted by atomic mass is 9.90. The van der Waals surface area contributed by atoms with E-state index in [1.807, 2.05) is 0 Å². The average Bonchev–Trinajstić information content (AvgIpc) is 2.97.